The van der Waals surface area contributed by atoms with E-state index in [4.69, 9.17) is 9.72 Å². The first kappa shape index (κ1) is 21.0. The third-order valence-corrected chi connectivity index (χ3v) is 7.02. The minimum atomic E-state index is -0.0986. The molecule has 0 spiro atoms. The average molecular weight is 432 g/mol. The number of imidazole rings is 1. The number of pyridine rings is 1. The summed E-state index contributed by atoms with van der Waals surface area (Å²) in [6.07, 6.45) is 13.6. The zero-order valence-electron chi connectivity index (χ0n) is 19.0. The van der Waals surface area contributed by atoms with Gasteiger partial charge in [-0.05, 0) is 62.4 Å². The number of esters is 1. The van der Waals surface area contributed by atoms with Crippen LogP contribution in [0, 0.1) is 12.8 Å². The first-order chi connectivity index (χ1) is 15.7. The lowest BCUT2D eigenvalue weighted by atomic mass is 9.89. The maximum absolute atomic E-state index is 12.9. The molecular weight excluding hydrogens is 398 g/mol. The summed E-state index contributed by atoms with van der Waals surface area (Å²) < 4.78 is 8.12. The van der Waals surface area contributed by atoms with E-state index in [1.165, 1.54) is 44.1 Å². The summed E-state index contributed by atoms with van der Waals surface area (Å²) in [5.41, 5.74) is 3.81. The monoisotopic (exact) mass is 431 g/mol. The van der Waals surface area contributed by atoms with Crippen molar-refractivity contribution in [3.05, 3.63) is 48.2 Å². The number of rotatable bonds is 5. The van der Waals surface area contributed by atoms with E-state index in [-0.39, 0.29) is 11.9 Å². The van der Waals surface area contributed by atoms with Gasteiger partial charge in [0.1, 0.15) is 22.9 Å². The quantitative estimate of drug-likeness (QED) is 0.368. The Morgan fingerprint density at radius 2 is 1.72 bits per heavy atom. The second-order valence-corrected chi connectivity index (χ2v) is 9.47. The number of anilines is 1. The summed E-state index contributed by atoms with van der Waals surface area (Å²) in [6.45, 7) is 2.09. The van der Waals surface area contributed by atoms with Gasteiger partial charge < -0.3 is 10.1 Å². The molecule has 3 aromatic rings. The van der Waals surface area contributed by atoms with Gasteiger partial charge in [-0.1, -0.05) is 50.7 Å². The van der Waals surface area contributed by atoms with E-state index in [0.29, 0.717) is 11.8 Å². The number of fused-ring (bicyclic) bond motifs is 1. The highest BCUT2D eigenvalue weighted by molar-refractivity contribution is 5.84. The highest BCUT2D eigenvalue weighted by Gasteiger charge is 2.26. The fourth-order valence-electron chi connectivity index (χ4n) is 5.19. The molecule has 2 aliphatic carbocycles. The Morgan fingerprint density at radius 3 is 2.50 bits per heavy atom. The lowest BCUT2D eigenvalue weighted by Gasteiger charge is -2.24. The summed E-state index contributed by atoms with van der Waals surface area (Å²) >= 11 is 0. The lowest BCUT2D eigenvalue weighted by molar-refractivity contribution is -0.139. The van der Waals surface area contributed by atoms with E-state index in [9.17, 15) is 4.79 Å². The zero-order chi connectivity index (χ0) is 21.9. The number of aryl methyl sites for hydroxylation is 1. The van der Waals surface area contributed by atoms with E-state index < -0.39 is 0 Å². The Labute approximate surface area is 190 Å². The summed E-state index contributed by atoms with van der Waals surface area (Å²) in [6, 6.07) is 12.5. The fraction of sp³-hybridized carbons (Fsp3) is 0.481. The van der Waals surface area contributed by atoms with Gasteiger partial charge in [0.2, 0.25) is 0 Å². The van der Waals surface area contributed by atoms with E-state index in [1.807, 2.05) is 24.3 Å². The summed E-state index contributed by atoms with van der Waals surface area (Å²) in [5.74, 6) is 1.52. The van der Waals surface area contributed by atoms with Crippen LogP contribution in [-0.2, 0) is 4.79 Å². The second kappa shape index (κ2) is 9.35. The Morgan fingerprint density at radius 1 is 1.00 bits per heavy atom. The third kappa shape index (κ3) is 4.38. The van der Waals surface area contributed by atoms with E-state index in [0.717, 1.165) is 48.4 Å². The van der Waals surface area contributed by atoms with Gasteiger partial charge in [-0.2, -0.15) is 0 Å². The van der Waals surface area contributed by atoms with Gasteiger partial charge in [0.15, 0.2) is 0 Å². The van der Waals surface area contributed by atoms with Crippen LogP contribution in [0.2, 0.25) is 0 Å². The first-order valence-corrected chi connectivity index (χ1v) is 12.3. The van der Waals surface area contributed by atoms with Crippen molar-refractivity contribution in [2.45, 2.75) is 77.2 Å². The van der Waals surface area contributed by atoms with Crippen LogP contribution in [0.1, 0.15) is 69.8 Å². The molecule has 0 saturated heterocycles. The molecule has 0 amide bonds. The number of nitrogens with one attached hydrogen (secondary N) is 1. The van der Waals surface area contributed by atoms with Gasteiger partial charge in [-0.3, -0.25) is 9.20 Å². The van der Waals surface area contributed by atoms with Gasteiger partial charge >= 0.3 is 5.97 Å². The molecule has 5 heteroatoms. The van der Waals surface area contributed by atoms with Gasteiger partial charge in [0, 0.05) is 17.8 Å². The molecule has 168 valence electrons. The number of ether oxygens (including phenoxy) is 1. The molecule has 2 saturated carbocycles. The second-order valence-electron chi connectivity index (χ2n) is 9.47. The van der Waals surface area contributed by atoms with E-state index >= 15 is 0 Å². The molecule has 2 aliphatic rings. The molecule has 1 N–H and O–H groups in total. The van der Waals surface area contributed by atoms with Crippen molar-refractivity contribution in [2.75, 3.05) is 5.32 Å². The van der Waals surface area contributed by atoms with Crippen LogP contribution in [0.15, 0.2) is 42.6 Å². The third-order valence-electron chi connectivity index (χ3n) is 7.02. The van der Waals surface area contributed by atoms with Crippen LogP contribution in [0.3, 0.4) is 0 Å². The van der Waals surface area contributed by atoms with Crippen molar-refractivity contribution in [1.29, 1.82) is 0 Å². The van der Waals surface area contributed by atoms with Crippen LogP contribution in [-0.4, -0.2) is 21.4 Å². The highest BCUT2D eigenvalue weighted by Crippen LogP contribution is 2.37. The molecule has 0 radical (unpaired) electrons. The normalized spacial score (nSPS) is 18.0. The van der Waals surface area contributed by atoms with Crippen LogP contribution >= 0.6 is 0 Å². The Kier molecular flexibility index (Phi) is 6.15. The molecule has 0 bridgehead atoms. The van der Waals surface area contributed by atoms with Crippen molar-refractivity contribution in [3.8, 4) is 17.0 Å². The minimum absolute atomic E-state index is 0.0142. The maximum Gasteiger partial charge on any atom is 0.314 e. The molecule has 0 aliphatic heterocycles. The van der Waals surface area contributed by atoms with E-state index in [2.05, 4.69) is 35.0 Å². The Hall–Kier alpha value is -2.82. The molecule has 1 aromatic carbocycles. The Balaban J connectivity index is 1.52. The maximum atomic E-state index is 12.9. The number of hydrogen-bond donors (Lipinski definition) is 1. The van der Waals surface area contributed by atoms with Crippen LogP contribution in [0.25, 0.3) is 16.9 Å². The van der Waals surface area contributed by atoms with Gasteiger partial charge in [0.05, 0.1) is 5.92 Å². The van der Waals surface area contributed by atoms with Crippen molar-refractivity contribution in [3.63, 3.8) is 0 Å². The van der Waals surface area contributed by atoms with Crippen molar-refractivity contribution in [2.24, 2.45) is 5.92 Å². The fourth-order valence-corrected chi connectivity index (χ4v) is 5.19. The number of aromatic nitrogens is 2. The van der Waals surface area contributed by atoms with Crippen molar-refractivity contribution < 1.29 is 9.53 Å². The number of nitrogens with zero attached hydrogens (tertiary/aromatic N) is 2. The average Bonchev–Trinajstić information content (AvgIpc) is 3.17. The largest absolute Gasteiger partial charge is 0.426 e. The summed E-state index contributed by atoms with van der Waals surface area (Å²) in [5, 5.41) is 3.79. The topological polar surface area (TPSA) is 55.6 Å². The molecule has 32 heavy (non-hydrogen) atoms. The molecular formula is C27H33N3O2. The Bertz CT molecular complexity index is 1090. The number of benzene rings is 1. The molecule has 2 heterocycles. The predicted octanol–water partition coefficient (Wildman–Crippen LogP) is 6.54. The molecule has 5 rings (SSSR count). The minimum Gasteiger partial charge on any atom is -0.426 e. The van der Waals surface area contributed by atoms with E-state index in [1.54, 1.807) is 0 Å². The molecule has 2 fully saturated rings. The van der Waals surface area contributed by atoms with Crippen molar-refractivity contribution >= 4 is 17.4 Å². The van der Waals surface area contributed by atoms with Crippen LogP contribution in [0.4, 0.5) is 5.82 Å². The lowest BCUT2D eigenvalue weighted by Crippen LogP contribution is -2.24. The number of para-hydroxylation sites is 1. The molecule has 2 aromatic heterocycles. The molecule has 0 atom stereocenters. The van der Waals surface area contributed by atoms with Gasteiger partial charge in [-0.25, -0.2) is 4.98 Å². The van der Waals surface area contributed by atoms with Crippen LogP contribution in [0.5, 0.6) is 5.75 Å². The summed E-state index contributed by atoms with van der Waals surface area (Å²) in [4.78, 5) is 17.9. The predicted molar refractivity (Wildman–Crippen MR) is 128 cm³/mol. The van der Waals surface area contributed by atoms with Gasteiger partial charge in [-0.15, -0.1) is 0 Å². The molecule has 5 nitrogen and oxygen atoms in total. The SMILES string of the molecule is Cc1ccn2c(NC3CCCCC3)c(-c3ccccc3OC(=O)C3CCCCC3)nc2c1. The first-order valence-electron chi connectivity index (χ1n) is 12.3. The number of carbonyl (C=O) groups excluding carboxylic acids is 1. The molecule has 0 unspecified atom stereocenters. The number of carbonyl (C=O) groups is 1. The highest BCUT2D eigenvalue weighted by atomic mass is 16.5. The standard InChI is InChI=1S/C27H33N3O2/c1-19-16-17-30-24(18-19)29-25(26(30)28-21-12-6-3-7-13-21)22-14-8-9-15-23(22)32-27(31)20-10-4-2-5-11-20/h8-9,14-18,20-21,28H,2-7,10-13H2,1H3. The van der Waals surface area contributed by atoms with Crippen molar-refractivity contribution in [1.82, 2.24) is 9.38 Å². The number of hydrogen-bond acceptors (Lipinski definition) is 4. The smallest absolute Gasteiger partial charge is 0.314 e. The van der Waals surface area contributed by atoms with Crippen LogP contribution < -0.4 is 10.1 Å². The zero-order valence-corrected chi connectivity index (χ0v) is 19.0. The summed E-state index contributed by atoms with van der Waals surface area (Å²) in [7, 11) is 0. The van der Waals surface area contributed by atoms with Gasteiger partial charge in [0.25, 0.3) is 0 Å².